The van der Waals surface area contributed by atoms with Gasteiger partial charge in [-0.05, 0) is 0 Å². The van der Waals surface area contributed by atoms with E-state index in [1.165, 1.54) is 5.57 Å². The van der Waals surface area contributed by atoms with Crippen molar-refractivity contribution in [1.82, 2.24) is 0 Å². The van der Waals surface area contributed by atoms with Gasteiger partial charge in [0, 0.05) is 0 Å². The second-order valence-electron chi connectivity index (χ2n) is 3.55. The van der Waals surface area contributed by atoms with Crippen LogP contribution in [0.5, 0.6) is 0 Å². The monoisotopic (exact) mass is 347 g/mol. The van der Waals surface area contributed by atoms with Gasteiger partial charge in [0.2, 0.25) is 0 Å². The molecule has 1 atom stereocenters. The van der Waals surface area contributed by atoms with Gasteiger partial charge in [-0.2, -0.15) is 0 Å². The molecule has 1 aromatic rings. The Balaban J connectivity index is 2.20. The summed E-state index contributed by atoms with van der Waals surface area (Å²) in [6, 6.07) is 10.0. The molecule has 1 aromatic carbocycles. The van der Waals surface area contributed by atoms with Crippen LogP contribution in [-0.2, 0) is 0 Å². The number of aliphatic imine (C=N–C) groups is 1. The molecule has 16 heavy (non-hydrogen) atoms. The maximum atomic E-state index is 6.03. The summed E-state index contributed by atoms with van der Waals surface area (Å²) in [6.45, 7) is 2.05. The summed E-state index contributed by atoms with van der Waals surface area (Å²) in [5, 5.41) is 0. The van der Waals surface area contributed by atoms with Crippen LogP contribution < -0.4 is 0 Å². The second kappa shape index (κ2) is 5.68. The number of benzene rings is 1. The van der Waals surface area contributed by atoms with Gasteiger partial charge in [0.25, 0.3) is 0 Å². The Morgan fingerprint density at radius 1 is 1.31 bits per heavy atom. The Kier molecular flexibility index (Phi) is 4.23. The molecule has 1 nitrogen and oxygen atoms in total. The molecule has 0 aliphatic heterocycles. The SMILES string of the molecule is CC(=Nc1ccccc1)C1=CC=CC1[Te]Cl. The molecule has 0 bridgehead atoms. The first-order valence-electron chi connectivity index (χ1n) is 5.08. The third-order valence-electron chi connectivity index (χ3n) is 2.43. The summed E-state index contributed by atoms with van der Waals surface area (Å²) in [4.78, 5) is 4.61. The molecule has 3 heteroatoms. The zero-order valence-corrected chi connectivity index (χ0v) is 12.0. The van der Waals surface area contributed by atoms with Crippen LogP contribution in [0.25, 0.3) is 0 Å². The molecule has 2 rings (SSSR count). The van der Waals surface area contributed by atoms with Crippen molar-refractivity contribution in [3.8, 4) is 0 Å². The van der Waals surface area contributed by atoms with Crippen LogP contribution in [0.4, 0.5) is 5.69 Å². The number of hydrogen-bond acceptors (Lipinski definition) is 1. The fourth-order valence-corrected chi connectivity index (χ4v) is 4.08. The first kappa shape index (κ1) is 11.9. The molecule has 0 N–H and O–H groups in total. The summed E-state index contributed by atoms with van der Waals surface area (Å²) >= 11 is -0.478. The van der Waals surface area contributed by atoms with Crippen molar-refractivity contribution in [1.29, 1.82) is 0 Å². The number of hydrogen-bond donors (Lipinski definition) is 0. The van der Waals surface area contributed by atoms with E-state index < -0.39 is 19.8 Å². The molecule has 0 fully saturated rings. The fourth-order valence-electron chi connectivity index (χ4n) is 1.62. The molecule has 1 unspecified atom stereocenters. The molecule has 1 aliphatic rings. The molecule has 0 spiro atoms. The van der Waals surface area contributed by atoms with Gasteiger partial charge in [0.15, 0.2) is 0 Å². The van der Waals surface area contributed by atoms with Crippen LogP contribution in [0.1, 0.15) is 6.92 Å². The van der Waals surface area contributed by atoms with Gasteiger partial charge in [-0.1, -0.05) is 0 Å². The van der Waals surface area contributed by atoms with E-state index in [-0.39, 0.29) is 0 Å². The third kappa shape index (κ3) is 2.77. The number of allylic oxidation sites excluding steroid dienone is 4. The van der Waals surface area contributed by atoms with Crippen LogP contribution >= 0.6 is 8.96 Å². The summed E-state index contributed by atoms with van der Waals surface area (Å²) in [7, 11) is 6.03. The van der Waals surface area contributed by atoms with Crippen molar-refractivity contribution >= 4 is 40.2 Å². The van der Waals surface area contributed by atoms with Gasteiger partial charge in [-0.3, -0.25) is 0 Å². The van der Waals surface area contributed by atoms with Crippen molar-refractivity contribution in [2.75, 3.05) is 0 Å². The summed E-state index contributed by atoms with van der Waals surface area (Å²) in [5.41, 5.74) is 3.36. The molecule has 0 amide bonds. The Morgan fingerprint density at radius 3 is 2.75 bits per heavy atom. The van der Waals surface area contributed by atoms with Crippen molar-refractivity contribution in [2.24, 2.45) is 4.99 Å². The van der Waals surface area contributed by atoms with E-state index in [1.54, 1.807) is 0 Å². The summed E-state index contributed by atoms with van der Waals surface area (Å²) in [5.74, 6) is 0. The number of rotatable bonds is 3. The van der Waals surface area contributed by atoms with E-state index in [2.05, 4.69) is 30.1 Å². The predicted molar refractivity (Wildman–Crippen MR) is 71.8 cm³/mol. The van der Waals surface area contributed by atoms with E-state index in [1.807, 2.05) is 30.3 Å². The van der Waals surface area contributed by atoms with E-state index in [4.69, 9.17) is 8.96 Å². The standard InChI is InChI=1S/C13H12ClNTe/c1-10(12-8-5-9-13(12)16-14)15-11-6-3-2-4-7-11/h2-9,13H,1H3. The van der Waals surface area contributed by atoms with Crippen molar-refractivity contribution in [2.45, 2.75) is 10.9 Å². The van der Waals surface area contributed by atoms with Crippen molar-refractivity contribution in [3.05, 3.63) is 54.1 Å². The molecular formula is C13H12ClNTe. The number of halogens is 1. The van der Waals surface area contributed by atoms with E-state index in [0.29, 0.717) is 3.97 Å². The molecule has 0 aromatic heterocycles. The van der Waals surface area contributed by atoms with Gasteiger partial charge in [-0.25, -0.2) is 0 Å². The Bertz CT molecular complexity index is 448. The number of para-hydroxylation sites is 1. The molecule has 1 aliphatic carbocycles. The zero-order valence-electron chi connectivity index (χ0n) is 8.93. The first-order chi connectivity index (χ1) is 7.81. The molecule has 82 valence electrons. The first-order valence-corrected chi connectivity index (χ1v) is 9.37. The van der Waals surface area contributed by atoms with Crippen LogP contribution in [0.15, 0.2) is 59.1 Å². The minimum atomic E-state index is -0.478. The quantitative estimate of drug-likeness (QED) is 0.582. The van der Waals surface area contributed by atoms with Gasteiger partial charge in [-0.15, -0.1) is 0 Å². The summed E-state index contributed by atoms with van der Waals surface area (Å²) < 4.78 is 0.444. The zero-order chi connectivity index (χ0) is 11.4. The van der Waals surface area contributed by atoms with E-state index in [0.717, 1.165) is 11.4 Å². The average Bonchev–Trinajstić information content (AvgIpc) is 2.78. The second-order valence-corrected chi connectivity index (χ2v) is 6.70. The van der Waals surface area contributed by atoms with Crippen molar-refractivity contribution in [3.63, 3.8) is 0 Å². The molecule has 0 radical (unpaired) electrons. The average molecular weight is 345 g/mol. The van der Waals surface area contributed by atoms with Crippen LogP contribution in [-0.4, -0.2) is 25.5 Å². The summed E-state index contributed by atoms with van der Waals surface area (Å²) in [6.07, 6.45) is 6.38. The predicted octanol–water partition coefficient (Wildman–Crippen LogP) is 3.92. The Hall–Kier alpha value is -0.550. The molecular weight excluding hydrogens is 333 g/mol. The molecule has 0 heterocycles. The van der Waals surface area contributed by atoms with Crippen LogP contribution in [0, 0.1) is 0 Å². The Morgan fingerprint density at radius 2 is 2.06 bits per heavy atom. The third-order valence-corrected chi connectivity index (χ3v) is 5.44. The normalized spacial score (nSPS) is 20.0. The van der Waals surface area contributed by atoms with Gasteiger partial charge in [0.1, 0.15) is 0 Å². The Labute approximate surface area is 110 Å². The molecule has 0 saturated heterocycles. The van der Waals surface area contributed by atoms with Gasteiger partial charge in [0.05, 0.1) is 0 Å². The van der Waals surface area contributed by atoms with Gasteiger partial charge >= 0.3 is 110 Å². The van der Waals surface area contributed by atoms with E-state index in [9.17, 15) is 0 Å². The topological polar surface area (TPSA) is 12.4 Å². The van der Waals surface area contributed by atoms with Crippen LogP contribution in [0.2, 0.25) is 3.97 Å². The minimum absolute atomic E-state index is 0.444. The molecule has 0 saturated carbocycles. The van der Waals surface area contributed by atoms with Crippen LogP contribution in [0.3, 0.4) is 0 Å². The van der Waals surface area contributed by atoms with Crippen molar-refractivity contribution < 1.29 is 0 Å². The maximum absolute atomic E-state index is 6.03. The number of nitrogens with zero attached hydrogens (tertiary/aromatic N) is 1. The fraction of sp³-hybridized carbons (Fsp3) is 0.154. The van der Waals surface area contributed by atoms with E-state index >= 15 is 0 Å². The van der Waals surface area contributed by atoms with Gasteiger partial charge < -0.3 is 0 Å².